The number of aromatic nitrogens is 21. The zero-order valence-electron chi connectivity index (χ0n) is 76.7. The zero-order chi connectivity index (χ0) is 92.5. The fraction of sp³-hybridized carbons (Fsp3) is 0.412. The predicted molar refractivity (Wildman–Crippen MR) is 532 cm³/mol. The summed E-state index contributed by atoms with van der Waals surface area (Å²) in [4.78, 5) is 67.8. The summed E-state index contributed by atoms with van der Waals surface area (Å²) in [6.07, 6.45) is 53.7. The van der Waals surface area contributed by atoms with Crippen LogP contribution in [0.25, 0.3) is 50.0 Å². The van der Waals surface area contributed by atoms with Crippen molar-refractivity contribution < 1.29 is 47.4 Å². The van der Waals surface area contributed by atoms with Crippen LogP contribution >= 0.6 is 46.1 Å². The summed E-state index contributed by atoms with van der Waals surface area (Å²) in [6.45, 7) is 20.7. The van der Waals surface area contributed by atoms with Gasteiger partial charge >= 0.3 is 29.6 Å². The quantitative estimate of drug-likeness (QED) is 0.0360. The van der Waals surface area contributed by atoms with E-state index in [1.54, 1.807) is 55.2 Å². The number of piperidine rings is 3. The number of terminal acetylenes is 1. The number of nitrogens with zero attached hydrogens (tertiary/aromatic N) is 23. The molecule has 0 amide bonds. The van der Waals surface area contributed by atoms with Crippen LogP contribution < -0.4 is 59.4 Å². The Bertz CT molecular complexity index is 7040. The van der Waals surface area contributed by atoms with E-state index in [-0.39, 0.29) is 85.9 Å². The van der Waals surface area contributed by atoms with E-state index < -0.39 is 22.0 Å². The van der Waals surface area contributed by atoms with E-state index in [1.165, 1.54) is 28.8 Å². The molecule has 15 aromatic heterocycles. The Morgan fingerprint density at radius 1 is 0.496 bits per heavy atom. The molecule has 0 saturated carbocycles. The van der Waals surface area contributed by atoms with Gasteiger partial charge in [0.05, 0.1) is 86.3 Å². The van der Waals surface area contributed by atoms with Crippen molar-refractivity contribution in [3.8, 4) is 36.0 Å². The first kappa shape index (κ1) is 95.3. The van der Waals surface area contributed by atoms with Crippen LogP contribution in [-0.2, 0) is 63.3 Å². The predicted octanol–water partition coefficient (Wildman–Crippen LogP) is 12.4. The molecule has 5 fully saturated rings. The maximum Gasteiger partial charge on any atom is 1.00 e. The summed E-state index contributed by atoms with van der Waals surface area (Å²) < 4.78 is 55.5. The Morgan fingerprint density at radius 3 is 1.42 bits per heavy atom. The third kappa shape index (κ3) is 19.6. The van der Waals surface area contributed by atoms with Gasteiger partial charge in [-0.3, -0.25) is 33.3 Å². The van der Waals surface area contributed by atoms with Crippen LogP contribution in [0.5, 0.6) is 0 Å². The summed E-state index contributed by atoms with van der Waals surface area (Å²) >= 11 is 10.8. The molecule has 5 saturated heterocycles. The summed E-state index contributed by atoms with van der Waals surface area (Å²) in [7, 11) is -2.32. The second-order valence-corrected chi connectivity index (χ2v) is 44.7. The molecule has 0 radical (unpaired) electrons. The van der Waals surface area contributed by atoms with E-state index >= 15 is 0 Å². The molecule has 31 nitrogen and oxygen atoms in total. The largest absolute Gasteiger partial charge is 1.00 e. The molecular formula is C97H105IN27NaO4S5. The fourth-order valence-electron chi connectivity index (χ4n) is 19.7. The van der Waals surface area contributed by atoms with Gasteiger partial charge in [-0.25, -0.2) is 72.1 Å². The summed E-state index contributed by atoms with van der Waals surface area (Å²) in [6, 6.07) is 18.4. The molecule has 3 unspecified atom stereocenters. The standard InChI is InChI=1S/C33H39N9O2S2.C24H23N9S.C22H27IN6OS.C11H13N3OS.C7H4.Na/c1-32(2,3)46(43)39-28-22-7-6-12-34-24(22)19-33(28)10-15-40(16-11-33)31-37-21-26(30-36-14-17-41(30)31)45-25-9-13-35-29-23(25)20-38-42(29)27-8-4-5-18-44-27;25-20-15-2-1-6-26-17(15)12-24(20)4-9-32(10-5-24)23-29-14-19(22-28-8-11-33(22)23)34-18-3-7-27-21-16(18)13-30-31-21;1-21(2,3)31(30)27-18-15-5-4-8-24-17(15)13-22(18)6-10-28(11-7-22)20-26-14-16(23)19-25-9-12-29(19)20;16-9-4-5-12-11-8(9)7-13-14(11)10-3-1-2-6-15-10;1-3-5-7-6-4-2;/h6-7,9,12-14,17,20-21,27-28,39H,4-5,8,10-11,15-16,18-19H2,1-3H3;1-3,6-8,11,13-14,20H,4-5,9-10,12,25H2,(H,27,30,31);4-5,8-9,12,14,18,27H,6-7,10-11,13H2,1-3H3;4-5,7,10H,1-3,6H2,(H,12,16);1H,2H3;/q;;;;;+1/p-1/t27?,28-,46-;20-;18-,31?;;;/m111.../s1. The van der Waals surface area contributed by atoms with Crippen LogP contribution in [0.3, 0.4) is 0 Å². The number of hydrogen-bond acceptors (Lipinski definition) is 26. The monoisotopic (exact) mass is 2020 g/mol. The average molecular weight is 2020 g/mol. The Morgan fingerprint density at radius 2 is 0.933 bits per heavy atom. The molecule has 0 aromatic carbocycles. The fourth-order valence-corrected chi connectivity index (χ4v) is 24.3. The van der Waals surface area contributed by atoms with E-state index in [2.05, 4.69) is 163 Å². The number of fused-ring (bicyclic) bond motifs is 9. The minimum absolute atomic E-state index is 0. The molecule has 5 N–H and O–H groups in total. The topological polar surface area (TPSA) is 345 Å². The van der Waals surface area contributed by atoms with Crippen LogP contribution in [0, 0.1) is 55.8 Å². The number of H-pyrrole nitrogens is 1. The maximum atomic E-state index is 13.3. The Hall–Kier alpha value is -10.0. The second-order valence-electron chi connectivity index (χ2n) is 37.0. The third-order valence-corrected chi connectivity index (χ3v) is 33.2. The van der Waals surface area contributed by atoms with Crippen LogP contribution in [0.1, 0.15) is 190 Å². The number of hydrogen-bond donors (Lipinski definition) is 4. The first-order valence-corrected chi connectivity index (χ1v) is 50.9. The molecule has 7 atom stereocenters. The number of anilines is 3. The van der Waals surface area contributed by atoms with Gasteiger partial charge in [-0.05, 0) is 254 Å². The number of nitrogens with two attached hydrogens (primary N) is 1. The number of imidazole rings is 3. The Labute approximate surface area is 838 Å². The first-order chi connectivity index (χ1) is 65.1. The van der Waals surface area contributed by atoms with Crippen LogP contribution in [-0.4, -0.2) is 173 Å². The van der Waals surface area contributed by atoms with Crippen LogP contribution in [0.15, 0.2) is 191 Å². The van der Waals surface area contributed by atoms with Crippen LogP contribution in [0.4, 0.5) is 17.8 Å². The van der Waals surface area contributed by atoms with Crippen LogP contribution in [0.2, 0.25) is 0 Å². The normalized spacial score (nSPS) is 20.1. The summed E-state index contributed by atoms with van der Waals surface area (Å²) in [5.41, 5.74) is 19.0. The van der Waals surface area contributed by atoms with Crippen molar-refractivity contribution in [2.45, 2.75) is 209 Å². The maximum absolute atomic E-state index is 13.3. The number of ether oxygens (including phenoxy) is 2. The number of rotatable bonds is 13. The number of aromatic amines is 1. The van der Waals surface area contributed by atoms with Gasteiger partial charge in [0.15, 0.2) is 46.3 Å². The molecule has 3 aliphatic carbocycles. The van der Waals surface area contributed by atoms with E-state index in [0.717, 1.165) is 250 Å². The van der Waals surface area contributed by atoms with Gasteiger partial charge in [0.1, 0.15) is 0 Å². The van der Waals surface area contributed by atoms with Gasteiger partial charge in [-0.2, -0.15) is 20.2 Å². The first-order valence-electron chi connectivity index (χ1n) is 45.4. The molecule has 20 heterocycles. The smallest absolute Gasteiger partial charge is 0.779 e. The molecular weight excluding hydrogens is 1920 g/mol. The average Bonchev–Trinajstić information content (AvgIpc) is 1.82. The number of nitrogens with one attached hydrogen (secondary N) is 3. The van der Waals surface area contributed by atoms with Crippen molar-refractivity contribution in [2.24, 2.45) is 22.0 Å². The summed E-state index contributed by atoms with van der Waals surface area (Å²) in [5, 5.41) is 19.0. The van der Waals surface area contributed by atoms with Crippen molar-refractivity contribution >= 4 is 149 Å². The van der Waals surface area contributed by atoms with Crippen molar-refractivity contribution in [1.29, 1.82) is 0 Å². The second kappa shape index (κ2) is 41.0. The Kier molecular flexibility index (Phi) is 28.9. The van der Waals surface area contributed by atoms with E-state index in [4.69, 9.17) is 59.2 Å². The minimum Gasteiger partial charge on any atom is -0.779 e. The molecule has 5 aliphatic heterocycles. The van der Waals surface area contributed by atoms with Crippen molar-refractivity contribution in [2.75, 3.05) is 67.2 Å². The van der Waals surface area contributed by atoms with Gasteiger partial charge in [-0.1, -0.05) is 53.7 Å². The molecule has 38 heteroatoms. The van der Waals surface area contributed by atoms with Crippen molar-refractivity contribution in [1.82, 2.24) is 112 Å². The SMILES string of the molecule is C#CC#CC#CC.CC(C)(C)S(=O)N[C@@H]1c2cccnc2CC12CCN(c1ncc(I)c3nccn13)CC2.CC(C)(C)[S@@](=O)N[C@@H]1c2cccnc2CC12CCN(c1ncc(Sc3ccnc4c3cnn4C3CCCCO3)c3nccn13)CC2.N[C@@H]1c2cccnc2CC12CCN(c1ncc(Sc3ccnc4[nH]ncc34)c3nccn13)CC2.[Na+].[S-]c1ccnc2c1cnn2C1CCCCO1. The number of pyridine rings is 6. The zero-order valence-corrected chi connectivity index (χ0v) is 85.0. The molecule has 0 bridgehead atoms. The molecule has 135 heavy (non-hydrogen) atoms. The summed E-state index contributed by atoms with van der Waals surface area (Å²) in [5.74, 6) is 14.8. The molecule has 23 rings (SSSR count). The van der Waals surface area contributed by atoms with E-state index in [9.17, 15) is 8.42 Å². The van der Waals surface area contributed by atoms with Gasteiger partial charge < -0.3 is 42.5 Å². The Balaban J connectivity index is 0.000000122. The van der Waals surface area contributed by atoms with Crippen molar-refractivity contribution in [3.63, 3.8) is 0 Å². The van der Waals surface area contributed by atoms with E-state index in [0.29, 0.717) is 0 Å². The van der Waals surface area contributed by atoms with Gasteiger partial charge in [-0.15, -0.1) is 6.42 Å². The molecule has 690 valence electrons. The third-order valence-electron chi connectivity index (χ3n) is 26.8. The van der Waals surface area contributed by atoms with Gasteiger partial charge in [0.2, 0.25) is 17.8 Å². The molecule has 15 aromatic rings. The van der Waals surface area contributed by atoms with Gasteiger partial charge in [0, 0.05) is 184 Å². The molecule has 8 aliphatic rings. The number of halogens is 1. The molecule has 3 spiro atoms. The van der Waals surface area contributed by atoms with Gasteiger partial charge in [0.25, 0.3) is 0 Å². The van der Waals surface area contributed by atoms with E-state index in [1.807, 2.05) is 174 Å². The minimum atomic E-state index is -1.18. The van der Waals surface area contributed by atoms with Crippen molar-refractivity contribution in [3.05, 3.63) is 203 Å².